The Kier molecular flexibility index (Phi) is 2.63. The molecule has 0 saturated carbocycles. The molecule has 0 spiro atoms. The number of H-pyrrole nitrogens is 2. The molecule has 2 rings (SSSR count). The Balaban J connectivity index is 2.97. The molecule has 0 radical (unpaired) electrons. The maximum atomic E-state index is 11.8. The quantitative estimate of drug-likeness (QED) is 0.281. The Hall–Kier alpha value is -2.68. The van der Waals surface area contributed by atoms with E-state index >= 15 is 0 Å². The highest BCUT2D eigenvalue weighted by Crippen LogP contribution is 2.03. The summed E-state index contributed by atoms with van der Waals surface area (Å²) in [7, 11) is 0. The number of nitrogens with one attached hydrogen (secondary N) is 2. The minimum atomic E-state index is -3.25. The molecule has 0 aliphatic rings. The summed E-state index contributed by atoms with van der Waals surface area (Å²) in [5.41, 5.74) is -3.89. The summed E-state index contributed by atoms with van der Waals surface area (Å²) < 4.78 is 0.560. The largest absolute Gasteiger partial charge is 0.401 e. The van der Waals surface area contributed by atoms with Gasteiger partial charge >= 0.3 is 16.9 Å². The highest BCUT2D eigenvalue weighted by Gasteiger charge is 2.26. The zero-order valence-electron chi connectivity index (χ0n) is 9.12. The predicted molar refractivity (Wildman–Crippen MR) is 58.8 cm³/mol. The molecule has 0 amide bonds. The van der Waals surface area contributed by atoms with E-state index < -0.39 is 35.0 Å². The molecule has 0 saturated heterocycles. The van der Waals surface area contributed by atoms with Crippen LogP contribution in [0, 0.1) is 6.57 Å². The first kappa shape index (κ1) is 12.8. The van der Waals surface area contributed by atoms with Crippen molar-refractivity contribution in [2.24, 2.45) is 0 Å². The number of aromatic amines is 2. The van der Waals surface area contributed by atoms with Gasteiger partial charge in [0.15, 0.2) is 5.52 Å². The van der Waals surface area contributed by atoms with Crippen LogP contribution in [0.3, 0.4) is 0 Å². The normalized spacial score (nSPS) is 11.7. The molecule has 0 atom stereocenters. The second-order valence-electron chi connectivity index (χ2n) is 3.66. The van der Waals surface area contributed by atoms with Crippen LogP contribution in [0.4, 0.5) is 0 Å². The topological polar surface area (TPSA) is 158 Å². The summed E-state index contributed by atoms with van der Waals surface area (Å²) >= 11 is 0. The lowest BCUT2D eigenvalue weighted by molar-refractivity contribution is -0.318. The van der Waals surface area contributed by atoms with E-state index in [1.54, 1.807) is 0 Å². The Morgan fingerprint density at radius 3 is 2.37 bits per heavy atom. The van der Waals surface area contributed by atoms with Crippen LogP contribution in [0.15, 0.2) is 14.4 Å². The lowest BCUT2D eigenvalue weighted by Gasteiger charge is -2.15. The molecular formula is C8H7N5O6. The number of nitrogens with zero attached hydrogens (tertiary/aromatic N) is 3. The third-order valence-corrected chi connectivity index (χ3v) is 2.27. The van der Waals surface area contributed by atoms with E-state index in [2.05, 4.69) is 14.9 Å². The minimum absolute atomic E-state index is 0.0812. The second kappa shape index (κ2) is 3.92. The van der Waals surface area contributed by atoms with E-state index in [-0.39, 0.29) is 10.3 Å². The first-order chi connectivity index (χ1) is 8.74. The SMILES string of the molecule is [C-]#[N+]n1c(=O)c2[nH]c(=O)[nH]c2n(CC(O)(O)O)c1=O. The van der Waals surface area contributed by atoms with Crippen molar-refractivity contribution >= 4 is 11.2 Å². The van der Waals surface area contributed by atoms with Crippen molar-refractivity contribution < 1.29 is 15.3 Å². The fraction of sp³-hybridized carbons (Fsp3) is 0.250. The minimum Gasteiger partial charge on any atom is -0.342 e. The standard InChI is InChI=1S/C8H7N5O6/c1-9-13-5(14)3-4(11-6(15)10-3)12(7(13)16)2-8(17,18)19/h17-19H,2H2,(H2,10,11,15). The zero-order valence-corrected chi connectivity index (χ0v) is 9.12. The molecule has 2 heterocycles. The lowest BCUT2D eigenvalue weighted by Crippen LogP contribution is -2.43. The third kappa shape index (κ3) is 2.06. The Morgan fingerprint density at radius 1 is 1.21 bits per heavy atom. The molecule has 0 aromatic carbocycles. The van der Waals surface area contributed by atoms with Crippen LogP contribution >= 0.6 is 0 Å². The smallest absolute Gasteiger partial charge is 0.342 e. The Morgan fingerprint density at radius 2 is 1.84 bits per heavy atom. The molecule has 0 aliphatic heterocycles. The molecule has 100 valence electrons. The maximum absolute atomic E-state index is 11.8. The number of hydrogen-bond donors (Lipinski definition) is 5. The number of rotatable bonds is 2. The van der Waals surface area contributed by atoms with E-state index in [0.29, 0.717) is 4.57 Å². The van der Waals surface area contributed by atoms with Crippen LogP contribution in [0.2, 0.25) is 0 Å². The summed E-state index contributed by atoms with van der Waals surface area (Å²) in [6.07, 6.45) is 0. The Bertz CT molecular complexity index is 853. The predicted octanol–water partition coefficient (Wildman–Crippen LogP) is -3.51. The van der Waals surface area contributed by atoms with E-state index in [1.807, 2.05) is 0 Å². The first-order valence-electron chi connectivity index (χ1n) is 4.77. The summed E-state index contributed by atoms with van der Waals surface area (Å²) in [4.78, 5) is 41.4. The average Bonchev–Trinajstić information content (AvgIpc) is 2.66. The molecular weight excluding hydrogens is 262 g/mol. The van der Waals surface area contributed by atoms with Crippen molar-refractivity contribution in [3.63, 3.8) is 0 Å². The van der Waals surface area contributed by atoms with Gasteiger partial charge < -0.3 is 15.3 Å². The monoisotopic (exact) mass is 269 g/mol. The molecule has 11 heteroatoms. The van der Waals surface area contributed by atoms with Crippen molar-refractivity contribution in [3.8, 4) is 0 Å². The number of aromatic nitrogens is 4. The van der Waals surface area contributed by atoms with Gasteiger partial charge in [-0.15, -0.1) is 4.95 Å². The van der Waals surface area contributed by atoms with Gasteiger partial charge in [0.2, 0.25) is 0 Å². The fourth-order valence-electron chi connectivity index (χ4n) is 1.58. The van der Waals surface area contributed by atoms with Crippen LogP contribution in [-0.2, 0) is 6.54 Å². The van der Waals surface area contributed by atoms with Crippen LogP contribution < -0.4 is 16.9 Å². The van der Waals surface area contributed by atoms with E-state index in [0.717, 1.165) is 0 Å². The highest BCUT2D eigenvalue weighted by molar-refractivity contribution is 5.68. The number of imidazole rings is 1. The van der Waals surface area contributed by atoms with Crippen molar-refractivity contribution in [1.82, 2.24) is 19.2 Å². The molecule has 0 fully saturated rings. The van der Waals surface area contributed by atoms with Crippen LogP contribution in [-0.4, -0.2) is 40.5 Å². The van der Waals surface area contributed by atoms with Crippen molar-refractivity contribution in [1.29, 1.82) is 0 Å². The van der Waals surface area contributed by atoms with Crippen molar-refractivity contribution in [2.75, 3.05) is 0 Å². The van der Waals surface area contributed by atoms with Gasteiger partial charge in [0.05, 0.1) is 4.68 Å². The molecule has 5 N–H and O–H groups in total. The number of fused-ring (bicyclic) bond motifs is 1. The highest BCUT2D eigenvalue weighted by atomic mass is 16.7. The van der Waals surface area contributed by atoms with E-state index in [9.17, 15) is 14.4 Å². The van der Waals surface area contributed by atoms with E-state index in [4.69, 9.17) is 21.9 Å². The van der Waals surface area contributed by atoms with Crippen LogP contribution in [0.1, 0.15) is 0 Å². The van der Waals surface area contributed by atoms with Gasteiger partial charge in [-0.05, 0) is 0 Å². The molecule has 19 heavy (non-hydrogen) atoms. The summed E-state index contributed by atoms with van der Waals surface area (Å²) in [6, 6.07) is 0. The van der Waals surface area contributed by atoms with Gasteiger partial charge in [-0.2, -0.15) is 6.57 Å². The lowest BCUT2D eigenvalue weighted by atomic mass is 10.4. The van der Waals surface area contributed by atoms with Crippen LogP contribution in [0.5, 0.6) is 0 Å². The van der Waals surface area contributed by atoms with Gasteiger partial charge in [-0.3, -0.25) is 19.3 Å². The second-order valence-corrected chi connectivity index (χ2v) is 3.66. The fourth-order valence-corrected chi connectivity index (χ4v) is 1.58. The van der Waals surface area contributed by atoms with E-state index in [1.165, 1.54) is 0 Å². The average molecular weight is 269 g/mol. The molecule has 11 nitrogen and oxygen atoms in total. The van der Waals surface area contributed by atoms with Gasteiger partial charge in [0, 0.05) is 0 Å². The van der Waals surface area contributed by atoms with Gasteiger partial charge in [0.25, 0.3) is 5.97 Å². The Labute approximate surface area is 102 Å². The van der Waals surface area contributed by atoms with Gasteiger partial charge in [-0.25, -0.2) is 9.59 Å². The summed E-state index contributed by atoms with van der Waals surface area (Å²) in [5.74, 6) is -3.25. The maximum Gasteiger partial charge on any atom is 0.401 e. The number of hydrogen-bond acceptors (Lipinski definition) is 6. The molecule has 2 aromatic heterocycles. The summed E-state index contributed by atoms with van der Waals surface area (Å²) in [5, 5.41) is 26.6. The number of aliphatic hydroxyl groups is 3. The first-order valence-corrected chi connectivity index (χ1v) is 4.77. The van der Waals surface area contributed by atoms with Gasteiger partial charge in [-0.1, -0.05) is 0 Å². The molecule has 2 aromatic rings. The summed E-state index contributed by atoms with van der Waals surface area (Å²) in [6.45, 7) is 5.66. The zero-order chi connectivity index (χ0) is 14.4. The molecule has 0 aliphatic carbocycles. The van der Waals surface area contributed by atoms with Crippen molar-refractivity contribution in [2.45, 2.75) is 12.5 Å². The third-order valence-electron chi connectivity index (χ3n) is 2.27. The van der Waals surface area contributed by atoms with Crippen molar-refractivity contribution in [3.05, 3.63) is 42.8 Å². The van der Waals surface area contributed by atoms with Crippen LogP contribution in [0.25, 0.3) is 16.1 Å². The molecule has 0 bridgehead atoms. The van der Waals surface area contributed by atoms with Gasteiger partial charge in [0.1, 0.15) is 12.2 Å². The molecule has 0 unspecified atom stereocenters.